The van der Waals surface area contributed by atoms with Crippen LogP contribution in [0.3, 0.4) is 0 Å². The van der Waals surface area contributed by atoms with Crippen molar-refractivity contribution < 1.29 is 37.5 Å². The highest BCUT2D eigenvalue weighted by molar-refractivity contribution is 7.80. The van der Waals surface area contributed by atoms with Crippen LogP contribution in [0.2, 0.25) is 0 Å². The smallest absolute Gasteiger partial charge is 0.253 e. The number of nitrogens with one attached hydrogen (secondary N) is 3. The SMILES string of the molecule is COCc1ccc(NC(=O)CNC(=O)C(NC(=O)C(CCN2C(=O)C=CC2=O)S(=O)O)C(C)C)cc1. The molecule has 3 unspecified atom stereocenters. The quantitative estimate of drug-likeness (QED) is 0.206. The summed E-state index contributed by atoms with van der Waals surface area (Å²) in [6.45, 7) is 3.15. The van der Waals surface area contributed by atoms with E-state index in [0.29, 0.717) is 12.3 Å². The average Bonchev–Trinajstić information content (AvgIpc) is 3.14. The van der Waals surface area contributed by atoms with Crippen LogP contribution in [-0.4, -0.2) is 74.7 Å². The lowest BCUT2D eigenvalue weighted by molar-refractivity contribution is -0.137. The molecule has 1 aliphatic rings. The van der Waals surface area contributed by atoms with Crippen LogP contribution in [0, 0.1) is 5.92 Å². The van der Waals surface area contributed by atoms with Gasteiger partial charge in [0.2, 0.25) is 17.7 Å². The molecule has 1 aromatic rings. The predicted octanol–water partition coefficient (Wildman–Crippen LogP) is -0.0661. The van der Waals surface area contributed by atoms with Gasteiger partial charge in [-0.15, -0.1) is 0 Å². The fraction of sp³-hybridized carbons (Fsp3) is 0.435. The van der Waals surface area contributed by atoms with E-state index in [1.54, 1.807) is 45.2 Å². The topological polar surface area (TPSA) is 171 Å². The number of carbonyl (C=O) groups is 5. The number of anilines is 1. The lowest BCUT2D eigenvalue weighted by Gasteiger charge is -2.24. The Morgan fingerprint density at radius 2 is 1.67 bits per heavy atom. The molecule has 13 heteroatoms. The molecule has 3 atom stereocenters. The molecule has 0 aromatic heterocycles. The molecule has 4 N–H and O–H groups in total. The highest BCUT2D eigenvalue weighted by atomic mass is 32.2. The molecular formula is C23H30N4O8S. The van der Waals surface area contributed by atoms with Gasteiger partial charge < -0.3 is 25.2 Å². The van der Waals surface area contributed by atoms with Crippen molar-refractivity contribution in [1.29, 1.82) is 0 Å². The minimum atomic E-state index is -2.62. The third-order valence-corrected chi connectivity index (χ3v) is 6.21. The van der Waals surface area contributed by atoms with E-state index in [2.05, 4.69) is 16.0 Å². The molecule has 1 aromatic carbocycles. The van der Waals surface area contributed by atoms with E-state index in [1.165, 1.54) is 0 Å². The van der Waals surface area contributed by atoms with Gasteiger partial charge in [-0.05, 0) is 30.0 Å². The summed E-state index contributed by atoms with van der Waals surface area (Å²) in [6, 6.07) is 5.87. The van der Waals surface area contributed by atoms with Gasteiger partial charge in [0.05, 0.1) is 13.2 Å². The minimum absolute atomic E-state index is 0.236. The van der Waals surface area contributed by atoms with Crippen molar-refractivity contribution in [2.45, 2.75) is 38.2 Å². The summed E-state index contributed by atoms with van der Waals surface area (Å²) in [7, 11) is 1.57. The number of methoxy groups -OCH3 is 1. The van der Waals surface area contributed by atoms with Crippen LogP contribution in [0.15, 0.2) is 36.4 Å². The first-order valence-corrected chi connectivity index (χ1v) is 12.3. The Kier molecular flexibility index (Phi) is 10.9. The molecule has 1 aliphatic heterocycles. The van der Waals surface area contributed by atoms with E-state index in [4.69, 9.17) is 4.74 Å². The second kappa shape index (κ2) is 13.6. The molecule has 36 heavy (non-hydrogen) atoms. The van der Waals surface area contributed by atoms with Gasteiger partial charge in [-0.25, -0.2) is 4.21 Å². The molecule has 0 saturated carbocycles. The lowest BCUT2D eigenvalue weighted by atomic mass is 10.0. The molecule has 0 aliphatic carbocycles. The van der Waals surface area contributed by atoms with E-state index in [9.17, 15) is 32.7 Å². The first-order valence-electron chi connectivity index (χ1n) is 11.1. The molecule has 0 spiro atoms. The van der Waals surface area contributed by atoms with Crippen LogP contribution in [-0.2, 0) is 46.4 Å². The van der Waals surface area contributed by atoms with Gasteiger partial charge in [0, 0.05) is 31.5 Å². The van der Waals surface area contributed by atoms with Crippen LogP contribution in [0.1, 0.15) is 25.8 Å². The van der Waals surface area contributed by atoms with Crippen molar-refractivity contribution in [3.8, 4) is 0 Å². The molecule has 0 saturated heterocycles. The van der Waals surface area contributed by atoms with E-state index in [-0.39, 0.29) is 19.5 Å². The fourth-order valence-electron chi connectivity index (χ4n) is 3.34. The highest BCUT2D eigenvalue weighted by Gasteiger charge is 2.32. The Labute approximate surface area is 211 Å². The largest absolute Gasteiger partial charge is 0.380 e. The molecule has 1 heterocycles. The maximum Gasteiger partial charge on any atom is 0.253 e. The molecular weight excluding hydrogens is 492 g/mol. The number of amides is 5. The number of hydrogen-bond donors (Lipinski definition) is 4. The van der Waals surface area contributed by atoms with E-state index in [1.807, 2.05) is 0 Å². The summed E-state index contributed by atoms with van der Waals surface area (Å²) < 4.78 is 26.4. The number of carbonyl (C=O) groups excluding carboxylic acids is 5. The Morgan fingerprint density at radius 1 is 1.06 bits per heavy atom. The Balaban J connectivity index is 1.91. The zero-order valence-corrected chi connectivity index (χ0v) is 21.0. The molecule has 5 amide bonds. The summed E-state index contributed by atoms with van der Waals surface area (Å²) in [5, 5.41) is 6.04. The molecule has 0 fully saturated rings. The van der Waals surface area contributed by atoms with Crippen LogP contribution >= 0.6 is 0 Å². The summed E-state index contributed by atoms with van der Waals surface area (Å²) >= 11 is -2.62. The number of imide groups is 1. The van der Waals surface area contributed by atoms with Crippen LogP contribution in [0.4, 0.5) is 5.69 Å². The van der Waals surface area contributed by atoms with E-state index >= 15 is 0 Å². The molecule has 12 nitrogen and oxygen atoms in total. The molecule has 2 rings (SSSR count). The number of nitrogens with zero attached hydrogens (tertiary/aromatic N) is 1. The highest BCUT2D eigenvalue weighted by Crippen LogP contribution is 2.12. The van der Waals surface area contributed by atoms with Gasteiger partial charge in [-0.3, -0.25) is 28.9 Å². The van der Waals surface area contributed by atoms with Crippen molar-refractivity contribution in [3.63, 3.8) is 0 Å². The maximum absolute atomic E-state index is 12.7. The van der Waals surface area contributed by atoms with Gasteiger partial charge in [0.25, 0.3) is 11.8 Å². The number of rotatable bonds is 13. The molecule has 0 radical (unpaired) electrons. The number of benzene rings is 1. The molecule has 196 valence electrons. The van der Waals surface area contributed by atoms with E-state index in [0.717, 1.165) is 22.6 Å². The summed E-state index contributed by atoms with van der Waals surface area (Å²) in [5.74, 6) is -3.60. The first-order chi connectivity index (χ1) is 17.0. The van der Waals surface area contributed by atoms with Gasteiger partial charge in [-0.2, -0.15) is 0 Å². The van der Waals surface area contributed by atoms with Crippen molar-refractivity contribution in [2.24, 2.45) is 5.92 Å². The lowest BCUT2D eigenvalue weighted by Crippen LogP contribution is -2.54. The van der Waals surface area contributed by atoms with Gasteiger partial charge in [0.15, 0.2) is 11.1 Å². The summed E-state index contributed by atoms with van der Waals surface area (Å²) in [5.41, 5.74) is 1.46. The third kappa shape index (κ3) is 8.36. The van der Waals surface area contributed by atoms with Crippen molar-refractivity contribution in [2.75, 3.05) is 25.5 Å². The third-order valence-electron chi connectivity index (χ3n) is 5.27. The minimum Gasteiger partial charge on any atom is -0.380 e. The average molecular weight is 523 g/mol. The summed E-state index contributed by atoms with van der Waals surface area (Å²) in [4.78, 5) is 61.8. The number of hydrogen-bond acceptors (Lipinski definition) is 7. The van der Waals surface area contributed by atoms with Gasteiger partial charge in [0.1, 0.15) is 11.3 Å². The van der Waals surface area contributed by atoms with Crippen LogP contribution < -0.4 is 16.0 Å². The van der Waals surface area contributed by atoms with Crippen molar-refractivity contribution >= 4 is 46.3 Å². The second-order valence-corrected chi connectivity index (χ2v) is 9.46. The van der Waals surface area contributed by atoms with Crippen molar-refractivity contribution in [3.05, 3.63) is 42.0 Å². The number of ether oxygens (including phenoxy) is 1. The first kappa shape index (κ1) is 28.8. The Morgan fingerprint density at radius 3 is 2.19 bits per heavy atom. The molecule has 0 bridgehead atoms. The van der Waals surface area contributed by atoms with Gasteiger partial charge >= 0.3 is 0 Å². The normalized spacial score (nSPS) is 15.5. The summed E-state index contributed by atoms with van der Waals surface area (Å²) in [6.07, 6.45) is 1.87. The standard InChI is InChI=1S/C23H30N4O8S/c1-14(2)21(23(32)24-12-18(28)25-16-6-4-15(5-7-16)13-35-3)26-22(31)17(36(33)34)10-11-27-19(29)8-9-20(27)30/h4-9,14,17,21H,10-13H2,1-3H3,(H,24,32)(H,25,28)(H,26,31)(H,33,34). The second-order valence-electron chi connectivity index (χ2n) is 8.34. The zero-order chi connectivity index (χ0) is 26.8. The Bertz CT molecular complexity index is 1020. The van der Waals surface area contributed by atoms with Crippen LogP contribution in [0.25, 0.3) is 0 Å². The van der Waals surface area contributed by atoms with Crippen molar-refractivity contribution in [1.82, 2.24) is 15.5 Å². The van der Waals surface area contributed by atoms with Gasteiger partial charge in [-0.1, -0.05) is 26.0 Å². The fourth-order valence-corrected chi connectivity index (χ4v) is 3.89. The zero-order valence-electron chi connectivity index (χ0n) is 20.2. The Hall–Kier alpha value is -3.42. The monoisotopic (exact) mass is 522 g/mol. The van der Waals surface area contributed by atoms with Crippen LogP contribution in [0.5, 0.6) is 0 Å². The van der Waals surface area contributed by atoms with E-state index < -0.39 is 57.8 Å². The maximum atomic E-state index is 12.7. The predicted molar refractivity (Wildman–Crippen MR) is 131 cm³/mol.